The second-order valence-corrected chi connectivity index (χ2v) is 6.85. The first-order valence-electron chi connectivity index (χ1n) is 7.50. The highest BCUT2D eigenvalue weighted by Crippen LogP contribution is 2.42. The molecule has 0 aromatic carbocycles. The number of aliphatic carboxylic acids is 1. The molecule has 6 heteroatoms. The van der Waals surface area contributed by atoms with Crippen molar-refractivity contribution in [2.24, 2.45) is 5.41 Å². The molecule has 1 heterocycles. The number of carboxylic acids is 1. The minimum atomic E-state index is -0.911. The first-order chi connectivity index (χ1) is 10.2. The number of hydrogen-bond acceptors (Lipinski definition) is 3. The number of urea groups is 1. The number of nitrogens with zero attached hydrogens (tertiary/aromatic N) is 1. The fourth-order valence-electron chi connectivity index (χ4n) is 2.94. The Bertz CT molecular complexity index is 577. The van der Waals surface area contributed by atoms with Crippen LogP contribution in [0.15, 0.2) is 10.5 Å². The zero-order valence-electron chi connectivity index (χ0n) is 13.6. The number of amides is 2. The molecule has 1 aromatic rings. The Kier molecular flexibility index (Phi) is 4.49. The predicted molar refractivity (Wildman–Crippen MR) is 81.7 cm³/mol. The summed E-state index contributed by atoms with van der Waals surface area (Å²) in [6, 6.07) is 1.62. The van der Waals surface area contributed by atoms with Gasteiger partial charge in [0.2, 0.25) is 0 Å². The highest BCUT2D eigenvalue weighted by atomic mass is 16.4. The number of hydrogen-bond donors (Lipinski definition) is 2. The standard InChI is InChI=1S/C16H24N2O4/c1-10-7-11-12(8-16(2,3)9-13(11)22-10)17-15(21)18(4)6-5-14(19)20/h7,12H,5-6,8-9H2,1-4H3,(H,17,21)(H,19,20). The number of carbonyl (C=O) groups excluding carboxylic acids is 1. The lowest BCUT2D eigenvalue weighted by Crippen LogP contribution is -2.43. The largest absolute Gasteiger partial charge is 0.481 e. The van der Waals surface area contributed by atoms with Crippen molar-refractivity contribution in [1.82, 2.24) is 10.2 Å². The quantitative estimate of drug-likeness (QED) is 0.896. The van der Waals surface area contributed by atoms with Crippen molar-refractivity contribution in [3.63, 3.8) is 0 Å². The summed E-state index contributed by atoms with van der Waals surface area (Å²) in [5.41, 5.74) is 1.09. The first kappa shape index (κ1) is 16.4. The van der Waals surface area contributed by atoms with E-state index in [4.69, 9.17) is 9.52 Å². The Hall–Kier alpha value is -1.98. The summed E-state index contributed by atoms with van der Waals surface area (Å²) < 4.78 is 5.75. The fraction of sp³-hybridized carbons (Fsp3) is 0.625. The maximum Gasteiger partial charge on any atom is 0.317 e. The summed E-state index contributed by atoms with van der Waals surface area (Å²) >= 11 is 0. The van der Waals surface area contributed by atoms with E-state index in [0.717, 1.165) is 29.9 Å². The van der Waals surface area contributed by atoms with Crippen LogP contribution in [0.4, 0.5) is 4.79 Å². The summed E-state index contributed by atoms with van der Waals surface area (Å²) in [5, 5.41) is 11.7. The van der Waals surface area contributed by atoms with Crippen molar-refractivity contribution in [2.75, 3.05) is 13.6 Å². The van der Waals surface area contributed by atoms with Gasteiger partial charge in [-0.1, -0.05) is 13.8 Å². The molecule has 1 atom stereocenters. The van der Waals surface area contributed by atoms with E-state index >= 15 is 0 Å². The molecule has 0 fully saturated rings. The van der Waals surface area contributed by atoms with Crippen molar-refractivity contribution in [3.05, 3.63) is 23.2 Å². The van der Waals surface area contributed by atoms with Gasteiger partial charge in [0.25, 0.3) is 0 Å². The van der Waals surface area contributed by atoms with E-state index in [0.29, 0.717) is 0 Å². The van der Waals surface area contributed by atoms with Crippen LogP contribution in [-0.2, 0) is 11.2 Å². The molecule has 0 saturated heterocycles. The zero-order valence-corrected chi connectivity index (χ0v) is 13.6. The monoisotopic (exact) mass is 308 g/mol. The molecule has 0 saturated carbocycles. The van der Waals surface area contributed by atoms with Gasteiger partial charge in [-0.15, -0.1) is 0 Å². The van der Waals surface area contributed by atoms with Gasteiger partial charge in [-0.2, -0.15) is 0 Å². The predicted octanol–water partition coefficient (Wildman–Crippen LogP) is 2.72. The van der Waals surface area contributed by atoms with E-state index in [1.165, 1.54) is 4.90 Å². The molecule has 0 spiro atoms. The molecule has 0 aliphatic heterocycles. The van der Waals surface area contributed by atoms with Gasteiger partial charge >= 0.3 is 12.0 Å². The Morgan fingerprint density at radius 1 is 1.50 bits per heavy atom. The number of carboxylic acid groups (broad SMARTS) is 1. The van der Waals surface area contributed by atoms with Crippen molar-refractivity contribution >= 4 is 12.0 Å². The number of fused-ring (bicyclic) bond motifs is 1. The third-order valence-corrected chi connectivity index (χ3v) is 4.04. The third-order valence-electron chi connectivity index (χ3n) is 4.04. The van der Waals surface area contributed by atoms with Crippen LogP contribution >= 0.6 is 0 Å². The van der Waals surface area contributed by atoms with E-state index in [-0.39, 0.29) is 30.5 Å². The molecule has 1 aliphatic carbocycles. The molecule has 6 nitrogen and oxygen atoms in total. The van der Waals surface area contributed by atoms with Gasteiger partial charge < -0.3 is 19.7 Å². The zero-order chi connectivity index (χ0) is 16.5. The minimum absolute atomic E-state index is 0.0505. The highest BCUT2D eigenvalue weighted by Gasteiger charge is 2.35. The van der Waals surface area contributed by atoms with Gasteiger partial charge in [-0.05, 0) is 24.8 Å². The van der Waals surface area contributed by atoms with Crippen LogP contribution in [0, 0.1) is 12.3 Å². The molecule has 1 unspecified atom stereocenters. The molecule has 2 amide bonds. The molecule has 1 aliphatic rings. The summed E-state index contributed by atoms with van der Waals surface area (Å²) in [6.07, 6.45) is 1.63. The molecule has 0 radical (unpaired) electrons. The van der Waals surface area contributed by atoms with Gasteiger partial charge in [0, 0.05) is 25.6 Å². The van der Waals surface area contributed by atoms with E-state index in [9.17, 15) is 9.59 Å². The van der Waals surface area contributed by atoms with Crippen LogP contribution in [0.1, 0.15) is 49.8 Å². The van der Waals surface area contributed by atoms with Crippen molar-refractivity contribution in [2.45, 2.75) is 46.1 Å². The molecule has 2 N–H and O–H groups in total. The SMILES string of the molecule is Cc1cc2c(o1)CC(C)(C)CC2NC(=O)N(C)CCC(=O)O. The van der Waals surface area contributed by atoms with Crippen LogP contribution in [0.3, 0.4) is 0 Å². The van der Waals surface area contributed by atoms with E-state index < -0.39 is 5.97 Å². The number of rotatable bonds is 4. The summed E-state index contributed by atoms with van der Waals surface area (Å²) in [5.74, 6) is 0.875. The van der Waals surface area contributed by atoms with Gasteiger partial charge in [-0.3, -0.25) is 4.79 Å². The molecule has 122 valence electrons. The van der Waals surface area contributed by atoms with Crippen LogP contribution < -0.4 is 5.32 Å². The molecular weight excluding hydrogens is 284 g/mol. The van der Waals surface area contributed by atoms with Crippen LogP contribution in [0.25, 0.3) is 0 Å². The van der Waals surface area contributed by atoms with Crippen molar-refractivity contribution in [1.29, 1.82) is 0 Å². The second-order valence-electron chi connectivity index (χ2n) is 6.85. The summed E-state index contributed by atoms with van der Waals surface area (Å²) in [4.78, 5) is 24.2. The van der Waals surface area contributed by atoms with E-state index in [1.54, 1.807) is 7.05 Å². The van der Waals surface area contributed by atoms with E-state index in [1.807, 2.05) is 13.0 Å². The number of carbonyl (C=O) groups is 2. The maximum atomic E-state index is 12.2. The molecule has 2 rings (SSSR count). The van der Waals surface area contributed by atoms with Crippen LogP contribution in [0.5, 0.6) is 0 Å². The third kappa shape index (κ3) is 3.81. The average molecular weight is 308 g/mol. The number of aryl methyl sites for hydroxylation is 1. The molecule has 0 bridgehead atoms. The Labute approximate surface area is 130 Å². The topological polar surface area (TPSA) is 82.8 Å². The summed E-state index contributed by atoms with van der Waals surface area (Å²) in [7, 11) is 1.60. The highest BCUT2D eigenvalue weighted by molar-refractivity contribution is 5.75. The number of nitrogens with one attached hydrogen (secondary N) is 1. The van der Waals surface area contributed by atoms with Gasteiger partial charge in [0.1, 0.15) is 11.5 Å². The normalized spacial score (nSPS) is 19.4. The average Bonchev–Trinajstić information content (AvgIpc) is 2.74. The van der Waals surface area contributed by atoms with Crippen molar-refractivity contribution in [3.8, 4) is 0 Å². The number of furan rings is 1. The van der Waals surface area contributed by atoms with Gasteiger partial charge in [-0.25, -0.2) is 4.79 Å². The minimum Gasteiger partial charge on any atom is -0.481 e. The fourth-order valence-corrected chi connectivity index (χ4v) is 2.94. The van der Waals surface area contributed by atoms with Crippen molar-refractivity contribution < 1.29 is 19.1 Å². The van der Waals surface area contributed by atoms with Gasteiger partial charge in [0.05, 0.1) is 12.5 Å². The summed E-state index contributed by atoms with van der Waals surface area (Å²) in [6.45, 7) is 6.40. The van der Waals surface area contributed by atoms with Gasteiger partial charge in [0.15, 0.2) is 0 Å². The van der Waals surface area contributed by atoms with E-state index in [2.05, 4.69) is 19.2 Å². The second kappa shape index (κ2) is 6.02. The van der Waals surface area contributed by atoms with Crippen LogP contribution in [-0.4, -0.2) is 35.6 Å². The lowest BCUT2D eigenvalue weighted by molar-refractivity contribution is -0.137. The Morgan fingerprint density at radius 2 is 2.18 bits per heavy atom. The lowest BCUT2D eigenvalue weighted by Gasteiger charge is -2.35. The lowest BCUT2D eigenvalue weighted by atomic mass is 9.75. The Morgan fingerprint density at radius 3 is 2.82 bits per heavy atom. The smallest absolute Gasteiger partial charge is 0.317 e. The molecule has 1 aromatic heterocycles. The first-order valence-corrected chi connectivity index (χ1v) is 7.50. The molecular formula is C16H24N2O4. The maximum absolute atomic E-state index is 12.2. The Balaban J connectivity index is 2.08. The van der Waals surface area contributed by atoms with Crippen LogP contribution in [0.2, 0.25) is 0 Å². The molecule has 22 heavy (non-hydrogen) atoms.